The summed E-state index contributed by atoms with van der Waals surface area (Å²) >= 11 is 0. The van der Waals surface area contributed by atoms with Gasteiger partial charge in [-0.1, -0.05) is 0 Å². The summed E-state index contributed by atoms with van der Waals surface area (Å²) in [4.78, 5) is 23.5. The van der Waals surface area contributed by atoms with E-state index < -0.39 is 23.4 Å². The van der Waals surface area contributed by atoms with Crippen molar-refractivity contribution in [3.63, 3.8) is 0 Å². The molecule has 2 rings (SSSR count). The molecular formula is C15H18F2N2O3. The molecule has 5 nitrogen and oxygen atoms in total. The van der Waals surface area contributed by atoms with Gasteiger partial charge in [0.05, 0.1) is 0 Å². The molecule has 0 atom stereocenters. The number of rotatable bonds is 3. The lowest BCUT2D eigenvalue weighted by atomic mass is 9.86. The van der Waals surface area contributed by atoms with Gasteiger partial charge < -0.3 is 15.7 Å². The van der Waals surface area contributed by atoms with E-state index in [2.05, 4.69) is 10.6 Å². The highest BCUT2D eigenvalue weighted by atomic mass is 19.2. The maximum atomic E-state index is 13.0. The van der Waals surface area contributed by atoms with Crippen LogP contribution in [0.2, 0.25) is 0 Å². The van der Waals surface area contributed by atoms with Crippen LogP contribution in [0.3, 0.4) is 0 Å². The summed E-state index contributed by atoms with van der Waals surface area (Å²) < 4.78 is 25.8. The Labute approximate surface area is 126 Å². The SMILES string of the molecule is O=C(Nc1ccc(F)c(F)c1)C(=O)NC1CCC(CO)CC1. The third-order valence-corrected chi connectivity index (χ3v) is 3.82. The van der Waals surface area contributed by atoms with Gasteiger partial charge >= 0.3 is 11.8 Å². The highest BCUT2D eigenvalue weighted by Crippen LogP contribution is 2.23. The minimum atomic E-state index is -1.10. The molecule has 1 fully saturated rings. The van der Waals surface area contributed by atoms with E-state index >= 15 is 0 Å². The van der Waals surface area contributed by atoms with Crippen molar-refractivity contribution in [2.45, 2.75) is 31.7 Å². The molecule has 1 saturated carbocycles. The molecule has 0 saturated heterocycles. The molecular weight excluding hydrogens is 294 g/mol. The fourth-order valence-corrected chi connectivity index (χ4v) is 2.50. The fourth-order valence-electron chi connectivity index (χ4n) is 2.50. The van der Waals surface area contributed by atoms with Crippen molar-refractivity contribution in [2.75, 3.05) is 11.9 Å². The third kappa shape index (κ3) is 4.24. The van der Waals surface area contributed by atoms with Crippen LogP contribution in [-0.4, -0.2) is 29.6 Å². The zero-order valence-corrected chi connectivity index (χ0v) is 11.9. The largest absolute Gasteiger partial charge is 0.396 e. The van der Waals surface area contributed by atoms with E-state index in [0.717, 1.165) is 25.0 Å². The Hall–Kier alpha value is -2.02. The molecule has 0 spiro atoms. The topological polar surface area (TPSA) is 78.4 Å². The zero-order chi connectivity index (χ0) is 16.1. The molecule has 1 aromatic rings. The Kier molecular flexibility index (Phi) is 5.43. The van der Waals surface area contributed by atoms with Crippen molar-refractivity contribution >= 4 is 17.5 Å². The third-order valence-electron chi connectivity index (χ3n) is 3.82. The van der Waals surface area contributed by atoms with Gasteiger partial charge in [-0.2, -0.15) is 0 Å². The lowest BCUT2D eigenvalue weighted by Crippen LogP contribution is -2.43. The first-order valence-corrected chi connectivity index (χ1v) is 7.17. The number of carbonyl (C=O) groups is 2. The van der Waals surface area contributed by atoms with Crippen molar-refractivity contribution in [1.29, 1.82) is 0 Å². The summed E-state index contributed by atoms with van der Waals surface area (Å²) in [5.41, 5.74) is 0.0167. The van der Waals surface area contributed by atoms with Gasteiger partial charge in [0, 0.05) is 24.4 Å². The van der Waals surface area contributed by atoms with Gasteiger partial charge in [-0.3, -0.25) is 9.59 Å². The molecule has 0 bridgehead atoms. The minimum Gasteiger partial charge on any atom is -0.396 e. The van der Waals surface area contributed by atoms with Crippen LogP contribution in [0.5, 0.6) is 0 Å². The maximum absolute atomic E-state index is 13.0. The normalized spacial score (nSPS) is 21.2. The number of carbonyl (C=O) groups excluding carboxylic acids is 2. The molecule has 0 unspecified atom stereocenters. The van der Waals surface area contributed by atoms with Crippen LogP contribution in [0.4, 0.5) is 14.5 Å². The lowest BCUT2D eigenvalue weighted by molar-refractivity contribution is -0.136. The average molecular weight is 312 g/mol. The van der Waals surface area contributed by atoms with Crippen LogP contribution in [0.15, 0.2) is 18.2 Å². The Morgan fingerprint density at radius 3 is 2.36 bits per heavy atom. The van der Waals surface area contributed by atoms with Crippen LogP contribution < -0.4 is 10.6 Å². The van der Waals surface area contributed by atoms with Gasteiger partial charge in [0.25, 0.3) is 0 Å². The Morgan fingerprint density at radius 1 is 1.09 bits per heavy atom. The number of nitrogens with one attached hydrogen (secondary N) is 2. The first-order valence-electron chi connectivity index (χ1n) is 7.17. The van der Waals surface area contributed by atoms with Gasteiger partial charge in [0.1, 0.15) is 0 Å². The van der Waals surface area contributed by atoms with Crippen molar-refractivity contribution in [2.24, 2.45) is 5.92 Å². The van der Waals surface area contributed by atoms with E-state index in [1.54, 1.807) is 0 Å². The van der Waals surface area contributed by atoms with E-state index in [9.17, 15) is 18.4 Å². The predicted molar refractivity (Wildman–Crippen MR) is 76.0 cm³/mol. The number of benzene rings is 1. The molecule has 120 valence electrons. The quantitative estimate of drug-likeness (QED) is 0.741. The first-order chi connectivity index (χ1) is 10.5. The Balaban J connectivity index is 1.84. The number of anilines is 1. The number of aliphatic hydroxyl groups is 1. The molecule has 0 aromatic heterocycles. The summed E-state index contributed by atoms with van der Waals surface area (Å²) in [6.45, 7) is 0.136. The number of aliphatic hydroxyl groups excluding tert-OH is 1. The Morgan fingerprint density at radius 2 is 1.77 bits per heavy atom. The summed E-state index contributed by atoms with van der Waals surface area (Å²) in [5, 5.41) is 13.9. The first kappa shape index (κ1) is 16.4. The summed E-state index contributed by atoms with van der Waals surface area (Å²) in [7, 11) is 0. The molecule has 0 heterocycles. The number of amides is 2. The van der Waals surface area contributed by atoms with Crippen molar-refractivity contribution in [3.8, 4) is 0 Å². The zero-order valence-electron chi connectivity index (χ0n) is 11.9. The molecule has 1 aromatic carbocycles. The van der Waals surface area contributed by atoms with Crippen molar-refractivity contribution in [1.82, 2.24) is 5.32 Å². The Bertz CT molecular complexity index is 558. The lowest BCUT2D eigenvalue weighted by Gasteiger charge is -2.27. The molecule has 2 amide bonds. The average Bonchev–Trinajstić information content (AvgIpc) is 2.51. The van der Waals surface area contributed by atoms with Crippen molar-refractivity contribution in [3.05, 3.63) is 29.8 Å². The molecule has 22 heavy (non-hydrogen) atoms. The molecule has 0 aliphatic heterocycles. The minimum absolute atomic E-state index is 0.0167. The summed E-state index contributed by atoms with van der Waals surface area (Å²) in [5.74, 6) is -3.60. The monoisotopic (exact) mass is 312 g/mol. The highest BCUT2D eigenvalue weighted by Gasteiger charge is 2.24. The van der Waals surface area contributed by atoms with E-state index in [1.165, 1.54) is 6.07 Å². The van der Waals surface area contributed by atoms with E-state index in [4.69, 9.17) is 5.11 Å². The van der Waals surface area contributed by atoms with Crippen LogP contribution in [0.25, 0.3) is 0 Å². The highest BCUT2D eigenvalue weighted by molar-refractivity contribution is 6.39. The second-order valence-corrected chi connectivity index (χ2v) is 5.46. The predicted octanol–water partition coefficient (Wildman–Crippen LogP) is 1.57. The number of halogens is 2. The summed E-state index contributed by atoms with van der Waals surface area (Å²) in [6.07, 6.45) is 3.00. The maximum Gasteiger partial charge on any atom is 0.313 e. The molecule has 3 N–H and O–H groups in total. The van der Waals surface area contributed by atoms with Crippen LogP contribution in [0.1, 0.15) is 25.7 Å². The van der Waals surface area contributed by atoms with E-state index in [1.807, 2.05) is 0 Å². The standard InChI is InChI=1S/C15H18F2N2O3/c16-12-6-5-11(7-13(12)17)19-15(22)14(21)18-10-3-1-9(8-20)2-4-10/h5-7,9-10,20H,1-4,8H2,(H,18,21)(H,19,22). The van der Waals surface area contributed by atoms with Gasteiger partial charge in [0.15, 0.2) is 11.6 Å². The summed E-state index contributed by atoms with van der Waals surface area (Å²) in [6, 6.07) is 2.76. The number of hydrogen-bond donors (Lipinski definition) is 3. The fraction of sp³-hybridized carbons (Fsp3) is 0.467. The second kappa shape index (κ2) is 7.31. The van der Waals surface area contributed by atoms with Gasteiger partial charge in [-0.25, -0.2) is 8.78 Å². The van der Waals surface area contributed by atoms with Crippen LogP contribution in [0, 0.1) is 17.6 Å². The van der Waals surface area contributed by atoms with Crippen LogP contribution >= 0.6 is 0 Å². The van der Waals surface area contributed by atoms with Crippen molar-refractivity contribution < 1.29 is 23.5 Å². The smallest absolute Gasteiger partial charge is 0.313 e. The van der Waals surface area contributed by atoms with Gasteiger partial charge in [0.2, 0.25) is 0 Å². The van der Waals surface area contributed by atoms with Gasteiger partial charge in [-0.05, 0) is 43.7 Å². The molecule has 1 aliphatic carbocycles. The van der Waals surface area contributed by atoms with Crippen LogP contribution in [-0.2, 0) is 9.59 Å². The van der Waals surface area contributed by atoms with E-state index in [-0.39, 0.29) is 24.3 Å². The van der Waals surface area contributed by atoms with E-state index in [0.29, 0.717) is 12.8 Å². The van der Waals surface area contributed by atoms with Gasteiger partial charge in [-0.15, -0.1) is 0 Å². The molecule has 7 heteroatoms. The second-order valence-electron chi connectivity index (χ2n) is 5.46. The molecule has 0 radical (unpaired) electrons. The molecule has 1 aliphatic rings. The number of hydrogen-bond acceptors (Lipinski definition) is 3.